The van der Waals surface area contributed by atoms with Gasteiger partial charge in [-0.1, -0.05) is 36.4 Å². The molecule has 2 aliphatic rings. The molecule has 0 unspecified atom stereocenters. The maximum atomic E-state index is 13.1. The summed E-state index contributed by atoms with van der Waals surface area (Å²) in [6, 6.07) is 15.7. The van der Waals surface area contributed by atoms with Gasteiger partial charge in [-0.05, 0) is 41.3 Å². The third-order valence-electron chi connectivity index (χ3n) is 6.81. The Hall–Kier alpha value is -3.98. The molecule has 0 saturated carbocycles. The number of benzene rings is 3. The molecule has 1 fully saturated rings. The lowest BCUT2D eigenvalue weighted by Gasteiger charge is -2.35. The van der Waals surface area contributed by atoms with E-state index in [1.165, 1.54) is 29.2 Å². The normalized spacial score (nSPS) is 16.7. The zero-order valence-corrected chi connectivity index (χ0v) is 19.9. The lowest BCUT2D eigenvalue weighted by molar-refractivity contribution is -0.137. The Morgan fingerprint density at radius 2 is 1.46 bits per heavy atom. The van der Waals surface area contributed by atoms with E-state index in [4.69, 9.17) is 0 Å². The first-order valence-electron chi connectivity index (χ1n) is 12.0. The number of imide groups is 1. The molecule has 0 radical (unpaired) electrons. The maximum Gasteiger partial charge on any atom is 0.416 e. The Morgan fingerprint density at radius 3 is 2.08 bits per heavy atom. The van der Waals surface area contributed by atoms with E-state index >= 15 is 0 Å². The second-order valence-electron chi connectivity index (χ2n) is 9.09. The number of hydrogen-bond acceptors (Lipinski definition) is 4. The minimum absolute atomic E-state index is 0.242. The van der Waals surface area contributed by atoms with Gasteiger partial charge >= 0.3 is 6.18 Å². The first kappa shape index (κ1) is 24.7. The van der Waals surface area contributed by atoms with Crippen LogP contribution in [0.2, 0.25) is 0 Å². The van der Waals surface area contributed by atoms with Crippen LogP contribution >= 0.6 is 0 Å². The van der Waals surface area contributed by atoms with Gasteiger partial charge in [-0.15, -0.1) is 0 Å². The first-order valence-corrected chi connectivity index (χ1v) is 12.0. The van der Waals surface area contributed by atoms with Gasteiger partial charge in [-0.25, -0.2) is 0 Å². The van der Waals surface area contributed by atoms with Crippen molar-refractivity contribution in [2.45, 2.75) is 6.18 Å². The molecule has 0 aromatic heterocycles. The second-order valence-corrected chi connectivity index (χ2v) is 9.09. The molecule has 9 heteroatoms. The van der Waals surface area contributed by atoms with Crippen LogP contribution < -0.4 is 0 Å². The van der Waals surface area contributed by atoms with E-state index in [1.54, 1.807) is 17.0 Å². The number of alkyl halides is 3. The topological polar surface area (TPSA) is 60.9 Å². The van der Waals surface area contributed by atoms with Crippen LogP contribution in [0.4, 0.5) is 13.2 Å². The maximum absolute atomic E-state index is 13.1. The van der Waals surface area contributed by atoms with Crippen LogP contribution in [0, 0.1) is 0 Å². The Morgan fingerprint density at radius 1 is 0.838 bits per heavy atom. The fourth-order valence-corrected chi connectivity index (χ4v) is 4.81. The van der Waals surface area contributed by atoms with Gasteiger partial charge in [0.1, 0.15) is 0 Å². The SMILES string of the molecule is O=C(/C=C/c1cccc(C(F)(F)F)c1)N1CCN(CCN2C(=O)c3cccc4cccc(c34)C2=O)CC1. The molecular weight excluding hydrogens is 483 g/mol. The van der Waals surface area contributed by atoms with Crippen molar-refractivity contribution >= 4 is 34.6 Å². The molecule has 0 spiro atoms. The van der Waals surface area contributed by atoms with Crippen LogP contribution in [0.3, 0.4) is 0 Å². The van der Waals surface area contributed by atoms with E-state index in [2.05, 4.69) is 4.90 Å². The van der Waals surface area contributed by atoms with Crippen molar-refractivity contribution in [1.82, 2.24) is 14.7 Å². The quantitative estimate of drug-likeness (QED) is 0.382. The molecular formula is C28H24F3N3O3. The van der Waals surface area contributed by atoms with E-state index in [0.717, 1.165) is 17.5 Å². The van der Waals surface area contributed by atoms with Gasteiger partial charge in [0.25, 0.3) is 11.8 Å². The van der Waals surface area contributed by atoms with Gasteiger partial charge in [-0.2, -0.15) is 13.2 Å². The minimum Gasteiger partial charge on any atom is -0.337 e. The zero-order valence-electron chi connectivity index (χ0n) is 19.9. The fraction of sp³-hybridized carbons (Fsp3) is 0.250. The van der Waals surface area contributed by atoms with Crippen molar-refractivity contribution in [3.8, 4) is 0 Å². The Kier molecular flexibility index (Phi) is 6.55. The fourth-order valence-electron chi connectivity index (χ4n) is 4.81. The average Bonchev–Trinajstić information content (AvgIpc) is 2.90. The predicted molar refractivity (Wildman–Crippen MR) is 133 cm³/mol. The molecule has 1 saturated heterocycles. The summed E-state index contributed by atoms with van der Waals surface area (Å²) in [7, 11) is 0. The summed E-state index contributed by atoms with van der Waals surface area (Å²) in [6.07, 6.45) is -1.77. The van der Waals surface area contributed by atoms with Crippen LogP contribution in [0.1, 0.15) is 31.8 Å². The van der Waals surface area contributed by atoms with Crippen molar-refractivity contribution in [3.05, 3.63) is 89.0 Å². The van der Waals surface area contributed by atoms with Gasteiger partial charge in [0.2, 0.25) is 5.91 Å². The molecule has 0 bridgehead atoms. The molecule has 3 amide bonds. The first-order chi connectivity index (χ1) is 17.7. The van der Waals surface area contributed by atoms with E-state index in [1.807, 2.05) is 24.3 Å². The third-order valence-corrected chi connectivity index (χ3v) is 6.81. The summed E-state index contributed by atoms with van der Waals surface area (Å²) in [4.78, 5) is 43.7. The monoisotopic (exact) mass is 507 g/mol. The van der Waals surface area contributed by atoms with Gasteiger partial charge < -0.3 is 4.90 Å². The van der Waals surface area contributed by atoms with Crippen molar-refractivity contribution in [2.24, 2.45) is 0 Å². The van der Waals surface area contributed by atoms with Crippen molar-refractivity contribution in [2.75, 3.05) is 39.3 Å². The summed E-state index contributed by atoms with van der Waals surface area (Å²) in [5, 5.41) is 1.56. The summed E-state index contributed by atoms with van der Waals surface area (Å²) in [5.74, 6) is -0.881. The van der Waals surface area contributed by atoms with E-state index < -0.39 is 11.7 Å². The number of carbonyl (C=O) groups is 3. The molecule has 0 aliphatic carbocycles. The summed E-state index contributed by atoms with van der Waals surface area (Å²) in [5.41, 5.74) is 0.586. The molecule has 37 heavy (non-hydrogen) atoms. The van der Waals surface area contributed by atoms with E-state index in [-0.39, 0.29) is 24.3 Å². The van der Waals surface area contributed by atoms with Gasteiger partial charge in [0.05, 0.1) is 5.56 Å². The lowest BCUT2D eigenvalue weighted by atomic mass is 9.94. The summed E-state index contributed by atoms with van der Waals surface area (Å²) in [6.45, 7) is 2.73. The number of piperazine rings is 1. The van der Waals surface area contributed by atoms with E-state index in [0.29, 0.717) is 54.8 Å². The highest BCUT2D eigenvalue weighted by Crippen LogP contribution is 2.31. The molecule has 5 rings (SSSR count). The number of halogens is 3. The molecule has 3 aromatic carbocycles. The molecule has 2 aliphatic heterocycles. The Bertz CT molecular complexity index is 1360. The second kappa shape index (κ2) is 9.82. The van der Waals surface area contributed by atoms with Gasteiger partial charge in [-0.3, -0.25) is 24.2 Å². The Labute approximate surface area is 211 Å². The van der Waals surface area contributed by atoms with Crippen molar-refractivity contribution in [3.63, 3.8) is 0 Å². The van der Waals surface area contributed by atoms with Gasteiger partial charge in [0.15, 0.2) is 0 Å². The summed E-state index contributed by atoms with van der Waals surface area (Å²) < 4.78 is 38.7. The summed E-state index contributed by atoms with van der Waals surface area (Å²) >= 11 is 0. The van der Waals surface area contributed by atoms with Crippen LogP contribution in [-0.4, -0.2) is 71.7 Å². The highest BCUT2D eigenvalue weighted by molar-refractivity contribution is 6.25. The number of nitrogens with zero attached hydrogens (tertiary/aromatic N) is 3. The highest BCUT2D eigenvalue weighted by Gasteiger charge is 2.33. The average molecular weight is 508 g/mol. The third kappa shape index (κ3) is 4.99. The van der Waals surface area contributed by atoms with Crippen LogP contribution in [0.5, 0.6) is 0 Å². The number of amides is 3. The molecule has 6 nitrogen and oxygen atoms in total. The smallest absolute Gasteiger partial charge is 0.337 e. The highest BCUT2D eigenvalue weighted by atomic mass is 19.4. The van der Waals surface area contributed by atoms with Gasteiger partial charge in [0, 0.05) is 61.9 Å². The largest absolute Gasteiger partial charge is 0.416 e. The number of carbonyl (C=O) groups excluding carboxylic acids is 3. The molecule has 0 atom stereocenters. The van der Waals surface area contributed by atoms with E-state index in [9.17, 15) is 27.6 Å². The van der Waals surface area contributed by atoms with Crippen LogP contribution in [0.25, 0.3) is 16.8 Å². The number of hydrogen-bond donors (Lipinski definition) is 0. The lowest BCUT2D eigenvalue weighted by Crippen LogP contribution is -2.51. The number of rotatable bonds is 5. The predicted octanol–water partition coefficient (Wildman–Crippen LogP) is 4.31. The zero-order chi connectivity index (χ0) is 26.2. The van der Waals surface area contributed by atoms with Crippen molar-refractivity contribution in [1.29, 1.82) is 0 Å². The van der Waals surface area contributed by atoms with Crippen molar-refractivity contribution < 1.29 is 27.6 Å². The molecule has 0 N–H and O–H groups in total. The molecule has 2 heterocycles. The molecule has 190 valence electrons. The standard InChI is InChI=1S/C28H24F3N3O3/c29-28(30,31)21-7-1-4-19(18-21)10-11-24(35)33-15-12-32(13-16-33)14-17-34-26(36)22-8-2-5-20-6-3-9-23(25(20)22)27(34)37/h1-11,18H,12-17H2/b11-10+. The van der Waals surface area contributed by atoms with Crippen LogP contribution in [0.15, 0.2) is 66.7 Å². The minimum atomic E-state index is -4.44. The molecule has 3 aromatic rings. The Balaban J connectivity index is 1.16. The van der Waals surface area contributed by atoms with Crippen LogP contribution in [-0.2, 0) is 11.0 Å².